The molecule has 4 heteroatoms. The number of aliphatic carboxylic acids is 1. The summed E-state index contributed by atoms with van der Waals surface area (Å²) in [6.45, 7) is 0. The number of benzene rings is 2. The van der Waals surface area contributed by atoms with Gasteiger partial charge in [-0.05, 0) is 23.3 Å². The summed E-state index contributed by atoms with van der Waals surface area (Å²) in [4.78, 5) is 15.3. The summed E-state index contributed by atoms with van der Waals surface area (Å²) in [7, 11) is 0. The zero-order chi connectivity index (χ0) is 14.4. The number of aliphatic imine (C=N–C) groups is 1. The van der Waals surface area contributed by atoms with Gasteiger partial charge in [0.2, 0.25) is 0 Å². The lowest BCUT2D eigenvalue weighted by molar-refractivity contribution is -0.138. The Kier molecular flexibility index (Phi) is 4.60. The van der Waals surface area contributed by atoms with Crippen LogP contribution in [0.15, 0.2) is 59.6 Å². The first-order valence-electron chi connectivity index (χ1n) is 6.20. The second kappa shape index (κ2) is 6.61. The van der Waals surface area contributed by atoms with Crippen LogP contribution in [0, 0.1) is 5.82 Å². The molecule has 1 N–H and O–H groups in total. The van der Waals surface area contributed by atoms with E-state index in [0.29, 0.717) is 0 Å². The molecule has 2 aromatic rings. The van der Waals surface area contributed by atoms with E-state index in [1.807, 2.05) is 30.3 Å². The normalized spacial score (nSPS) is 12.4. The van der Waals surface area contributed by atoms with E-state index in [9.17, 15) is 14.3 Å². The molecule has 1 atom stereocenters. The van der Waals surface area contributed by atoms with E-state index in [-0.39, 0.29) is 12.2 Å². The van der Waals surface area contributed by atoms with Gasteiger partial charge in [0.25, 0.3) is 0 Å². The molecule has 0 aliphatic carbocycles. The van der Waals surface area contributed by atoms with E-state index in [2.05, 4.69) is 4.99 Å². The molecular weight excluding hydrogens is 257 g/mol. The highest BCUT2D eigenvalue weighted by Gasteiger charge is 2.15. The average molecular weight is 271 g/mol. The highest BCUT2D eigenvalue weighted by molar-refractivity contribution is 5.83. The summed E-state index contributed by atoms with van der Waals surface area (Å²) >= 11 is 0. The Morgan fingerprint density at radius 2 is 1.80 bits per heavy atom. The Morgan fingerprint density at radius 1 is 1.15 bits per heavy atom. The lowest BCUT2D eigenvalue weighted by Gasteiger charge is -2.07. The zero-order valence-corrected chi connectivity index (χ0v) is 10.7. The molecule has 20 heavy (non-hydrogen) atoms. The van der Waals surface area contributed by atoms with Gasteiger partial charge in [-0.2, -0.15) is 0 Å². The molecule has 102 valence electrons. The summed E-state index contributed by atoms with van der Waals surface area (Å²) in [5.74, 6) is -1.34. The standard InChI is InChI=1S/C16H14FNO2/c17-14-8-6-12(7-9-14)10-15(16(19)20)18-11-13-4-2-1-3-5-13/h1-9,11,15H,10H2,(H,19,20). The topological polar surface area (TPSA) is 49.7 Å². The van der Waals surface area contributed by atoms with Gasteiger partial charge in [0.15, 0.2) is 6.04 Å². The minimum Gasteiger partial charge on any atom is -0.480 e. The number of carbonyl (C=O) groups is 1. The van der Waals surface area contributed by atoms with Crippen LogP contribution in [0.2, 0.25) is 0 Å². The van der Waals surface area contributed by atoms with Gasteiger partial charge in [-0.25, -0.2) is 9.18 Å². The predicted octanol–water partition coefficient (Wildman–Crippen LogP) is 2.94. The van der Waals surface area contributed by atoms with Crippen molar-refractivity contribution in [2.24, 2.45) is 4.99 Å². The Hall–Kier alpha value is -2.49. The van der Waals surface area contributed by atoms with Crippen LogP contribution in [-0.4, -0.2) is 23.3 Å². The third kappa shape index (κ3) is 4.02. The van der Waals surface area contributed by atoms with Gasteiger partial charge in [-0.1, -0.05) is 42.5 Å². The summed E-state index contributed by atoms with van der Waals surface area (Å²) < 4.78 is 12.8. The highest BCUT2D eigenvalue weighted by Crippen LogP contribution is 2.08. The van der Waals surface area contributed by atoms with Crippen LogP contribution >= 0.6 is 0 Å². The summed E-state index contributed by atoms with van der Waals surface area (Å²) in [5.41, 5.74) is 1.59. The third-order valence-electron chi connectivity index (χ3n) is 2.83. The summed E-state index contributed by atoms with van der Waals surface area (Å²) in [6.07, 6.45) is 1.78. The van der Waals surface area contributed by atoms with E-state index in [4.69, 9.17) is 0 Å². The van der Waals surface area contributed by atoms with Crippen molar-refractivity contribution in [2.75, 3.05) is 0 Å². The minimum absolute atomic E-state index is 0.235. The largest absolute Gasteiger partial charge is 0.480 e. The molecule has 0 radical (unpaired) electrons. The second-order valence-electron chi connectivity index (χ2n) is 4.37. The van der Waals surface area contributed by atoms with Crippen molar-refractivity contribution in [3.63, 3.8) is 0 Å². The van der Waals surface area contributed by atoms with E-state index in [1.165, 1.54) is 12.1 Å². The van der Waals surface area contributed by atoms with Gasteiger partial charge >= 0.3 is 5.97 Å². The lowest BCUT2D eigenvalue weighted by atomic mass is 10.1. The monoisotopic (exact) mass is 271 g/mol. The average Bonchev–Trinajstić information content (AvgIpc) is 2.46. The maximum Gasteiger partial charge on any atom is 0.328 e. The second-order valence-corrected chi connectivity index (χ2v) is 4.37. The van der Waals surface area contributed by atoms with Crippen LogP contribution in [0.5, 0.6) is 0 Å². The van der Waals surface area contributed by atoms with Gasteiger partial charge < -0.3 is 5.11 Å². The number of halogens is 1. The van der Waals surface area contributed by atoms with Crippen molar-refractivity contribution in [2.45, 2.75) is 12.5 Å². The number of hydrogen-bond donors (Lipinski definition) is 1. The summed E-state index contributed by atoms with van der Waals surface area (Å²) in [5, 5.41) is 9.18. The van der Waals surface area contributed by atoms with E-state index in [1.54, 1.807) is 18.3 Å². The molecule has 0 aromatic heterocycles. The first kappa shape index (κ1) is 13.9. The lowest BCUT2D eigenvalue weighted by Crippen LogP contribution is -2.20. The van der Waals surface area contributed by atoms with Crippen LogP contribution < -0.4 is 0 Å². The number of hydrogen-bond acceptors (Lipinski definition) is 2. The maximum atomic E-state index is 12.8. The fourth-order valence-electron chi connectivity index (χ4n) is 1.76. The molecule has 0 amide bonds. The Morgan fingerprint density at radius 3 is 2.40 bits per heavy atom. The first-order chi connectivity index (χ1) is 9.65. The number of nitrogens with zero attached hydrogens (tertiary/aromatic N) is 1. The van der Waals surface area contributed by atoms with E-state index < -0.39 is 12.0 Å². The minimum atomic E-state index is -0.999. The molecule has 0 aliphatic heterocycles. The SMILES string of the molecule is O=C(O)C(Cc1ccc(F)cc1)N=Cc1ccccc1. The fraction of sp³-hybridized carbons (Fsp3) is 0.125. The molecule has 0 saturated carbocycles. The van der Waals surface area contributed by atoms with Gasteiger partial charge in [0.1, 0.15) is 5.82 Å². The molecule has 0 bridgehead atoms. The van der Waals surface area contributed by atoms with Crippen molar-refractivity contribution in [1.29, 1.82) is 0 Å². The van der Waals surface area contributed by atoms with Crippen LogP contribution in [0.1, 0.15) is 11.1 Å². The van der Waals surface area contributed by atoms with E-state index in [0.717, 1.165) is 11.1 Å². The van der Waals surface area contributed by atoms with Crippen LogP contribution in [0.3, 0.4) is 0 Å². The van der Waals surface area contributed by atoms with Crippen LogP contribution in [0.25, 0.3) is 0 Å². The molecule has 0 aliphatic rings. The predicted molar refractivity (Wildman–Crippen MR) is 75.6 cm³/mol. The fourth-order valence-corrected chi connectivity index (χ4v) is 1.76. The number of rotatable bonds is 5. The number of carboxylic acid groups (broad SMARTS) is 1. The van der Waals surface area contributed by atoms with Crippen molar-refractivity contribution in [3.8, 4) is 0 Å². The Balaban J connectivity index is 2.10. The Labute approximate surface area is 116 Å². The number of carboxylic acids is 1. The molecular formula is C16H14FNO2. The van der Waals surface area contributed by atoms with Crippen LogP contribution in [0.4, 0.5) is 4.39 Å². The molecule has 0 saturated heterocycles. The molecule has 0 heterocycles. The van der Waals surface area contributed by atoms with Gasteiger partial charge in [-0.15, -0.1) is 0 Å². The molecule has 1 unspecified atom stereocenters. The highest BCUT2D eigenvalue weighted by atomic mass is 19.1. The smallest absolute Gasteiger partial charge is 0.328 e. The van der Waals surface area contributed by atoms with Crippen molar-refractivity contribution in [3.05, 3.63) is 71.5 Å². The van der Waals surface area contributed by atoms with Crippen molar-refractivity contribution >= 4 is 12.2 Å². The molecule has 2 rings (SSSR count). The van der Waals surface area contributed by atoms with Gasteiger partial charge in [0.05, 0.1) is 0 Å². The quantitative estimate of drug-likeness (QED) is 0.850. The molecule has 2 aromatic carbocycles. The summed E-state index contributed by atoms with van der Waals surface area (Å²) in [6, 6.07) is 14.2. The van der Waals surface area contributed by atoms with Crippen molar-refractivity contribution < 1.29 is 14.3 Å². The third-order valence-corrected chi connectivity index (χ3v) is 2.83. The molecule has 0 fully saturated rings. The van der Waals surface area contributed by atoms with Gasteiger partial charge in [-0.3, -0.25) is 4.99 Å². The molecule has 0 spiro atoms. The van der Waals surface area contributed by atoms with Gasteiger partial charge in [0, 0.05) is 12.6 Å². The van der Waals surface area contributed by atoms with Crippen molar-refractivity contribution in [1.82, 2.24) is 0 Å². The maximum absolute atomic E-state index is 12.8. The first-order valence-corrected chi connectivity index (χ1v) is 6.20. The van der Waals surface area contributed by atoms with Crippen LogP contribution in [-0.2, 0) is 11.2 Å². The zero-order valence-electron chi connectivity index (χ0n) is 10.7. The molecule has 3 nitrogen and oxygen atoms in total. The Bertz CT molecular complexity index is 594. The van der Waals surface area contributed by atoms with E-state index >= 15 is 0 Å².